The molecule has 1 unspecified atom stereocenters. The summed E-state index contributed by atoms with van der Waals surface area (Å²) in [5.74, 6) is -0.678. The molecule has 0 radical (unpaired) electrons. The van der Waals surface area contributed by atoms with Crippen LogP contribution in [0.5, 0.6) is 0 Å². The topological polar surface area (TPSA) is 73.1 Å². The van der Waals surface area contributed by atoms with Crippen LogP contribution in [0.3, 0.4) is 0 Å². The van der Waals surface area contributed by atoms with Crippen LogP contribution in [-0.2, 0) is 4.79 Å². The molecule has 6 heteroatoms. The number of rotatable bonds is 1. The maximum atomic E-state index is 11.3. The van der Waals surface area contributed by atoms with E-state index in [0.29, 0.717) is 10.1 Å². The lowest BCUT2D eigenvalue weighted by Gasteiger charge is -2.16. The number of nitrogens with zero attached hydrogens (tertiary/aromatic N) is 2. The second kappa shape index (κ2) is 4.11. The Morgan fingerprint density at radius 3 is 2.50 bits per heavy atom. The van der Waals surface area contributed by atoms with E-state index in [4.69, 9.17) is 16.8 Å². The highest BCUT2D eigenvalue weighted by molar-refractivity contribution is 6.40. The van der Waals surface area contributed by atoms with Gasteiger partial charge in [0.1, 0.15) is 5.71 Å². The van der Waals surface area contributed by atoms with Crippen molar-refractivity contribution in [2.24, 2.45) is 5.16 Å². The van der Waals surface area contributed by atoms with Crippen LogP contribution < -0.4 is 0 Å². The van der Waals surface area contributed by atoms with Crippen LogP contribution in [0.2, 0.25) is 5.02 Å². The minimum absolute atomic E-state index is 0.0533. The van der Waals surface area contributed by atoms with E-state index in [1.807, 2.05) is 0 Å². The molecule has 1 aromatic carbocycles. The van der Waals surface area contributed by atoms with Gasteiger partial charge in [-0.2, -0.15) is 0 Å². The Bertz CT molecular complexity index is 444. The van der Waals surface area contributed by atoms with Crippen molar-refractivity contribution in [1.82, 2.24) is 5.06 Å². The van der Waals surface area contributed by atoms with E-state index in [2.05, 4.69) is 5.16 Å². The standard InChI is InChI=1S/C10H9ClN2O3/c11-7-3-1-6(2-4-7)9-5-8(12-15)10(14)13(9)16/h1-4,9,15-16H,5H2. The maximum Gasteiger partial charge on any atom is 0.295 e. The summed E-state index contributed by atoms with van der Waals surface area (Å²) in [6, 6.07) is 6.25. The highest BCUT2D eigenvalue weighted by Crippen LogP contribution is 2.30. The molecule has 0 aliphatic carbocycles. The Labute approximate surface area is 96.5 Å². The minimum Gasteiger partial charge on any atom is -0.410 e. The first-order valence-electron chi connectivity index (χ1n) is 4.62. The zero-order valence-electron chi connectivity index (χ0n) is 8.17. The second-order valence-corrected chi connectivity index (χ2v) is 3.90. The van der Waals surface area contributed by atoms with Crippen LogP contribution in [0.1, 0.15) is 18.0 Å². The molecule has 16 heavy (non-hydrogen) atoms. The third kappa shape index (κ3) is 1.75. The summed E-state index contributed by atoms with van der Waals surface area (Å²) < 4.78 is 0. The summed E-state index contributed by atoms with van der Waals surface area (Å²) in [4.78, 5) is 11.3. The van der Waals surface area contributed by atoms with E-state index in [-0.39, 0.29) is 12.1 Å². The van der Waals surface area contributed by atoms with Crippen LogP contribution in [-0.4, -0.2) is 27.1 Å². The Kier molecular flexibility index (Phi) is 2.80. The molecule has 0 saturated carbocycles. The summed E-state index contributed by atoms with van der Waals surface area (Å²) in [7, 11) is 0. The van der Waals surface area contributed by atoms with Crippen molar-refractivity contribution < 1.29 is 15.2 Å². The Balaban J connectivity index is 2.30. The molecule has 84 valence electrons. The molecule has 1 saturated heterocycles. The molecule has 5 nitrogen and oxygen atoms in total. The molecule has 1 aromatic rings. The monoisotopic (exact) mass is 240 g/mol. The molecule has 1 aliphatic rings. The van der Waals surface area contributed by atoms with Gasteiger partial charge in [-0.1, -0.05) is 28.9 Å². The van der Waals surface area contributed by atoms with E-state index >= 15 is 0 Å². The number of halogens is 1. The van der Waals surface area contributed by atoms with Crippen molar-refractivity contribution in [2.45, 2.75) is 12.5 Å². The first kappa shape index (κ1) is 10.9. The third-order valence-electron chi connectivity index (χ3n) is 2.51. The second-order valence-electron chi connectivity index (χ2n) is 3.47. The van der Waals surface area contributed by atoms with Gasteiger partial charge in [0.15, 0.2) is 0 Å². The Morgan fingerprint density at radius 2 is 2.00 bits per heavy atom. The van der Waals surface area contributed by atoms with Gasteiger partial charge in [-0.05, 0) is 17.7 Å². The summed E-state index contributed by atoms with van der Waals surface area (Å²) >= 11 is 5.73. The summed E-state index contributed by atoms with van der Waals surface area (Å²) in [6.45, 7) is 0. The fourth-order valence-corrected chi connectivity index (χ4v) is 1.78. The molecule has 1 fully saturated rings. The van der Waals surface area contributed by atoms with Crippen molar-refractivity contribution in [3.8, 4) is 0 Å². The van der Waals surface area contributed by atoms with Gasteiger partial charge < -0.3 is 5.21 Å². The van der Waals surface area contributed by atoms with E-state index in [9.17, 15) is 10.0 Å². The quantitative estimate of drug-likeness (QED) is 0.447. The Hall–Kier alpha value is -1.59. The molecule has 2 N–H and O–H groups in total. The average molecular weight is 241 g/mol. The smallest absolute Gasteiger partial charge is 0.295 e. The SMILES string of the molecule is O=C1C(=NO)CC(c2ccc(Cl)cc2)N1O. The first-order chi connectivity index (χ1) is 7.63. The molecule has 1 atom stereocenters. The fraction of sp³-hybridized carbons (Fsp3) is 0.200. The van der Waals surface area contributed by atoms with E-state index < -0.39 is 11.9 Å². The van der Waals surface area contributed by atoms with Crippen molar-refractivity contribution in [2.75, 3.05) is 0 Å². The first-order valence-corrected chi connectivity index (χ1v) is 5.00. The Morgan fingerprint density at radius 1 is 1.38 bits per heavy atom. The maximum absolute atomic E-state index is 11.3. The van der Waals surface area contributed by atoms with Gasteiger partial charge in [-0.25, -0.2) is 5.06 Å². The molecular weight excluding hydrogens is 232 g/mol. The number of benzene rings is 1. The van der Waals surface area contributed by atoms with Crippen molar-refractivity contribution >= 4 is 23.2 Å². The van der Waals surface area contributed by atoms with Crippen LogP contribution in [0.25, 0.3) is 0 Å². The number of carbonyl (C=O) groups excluding carboxylic acids is 1. The molecular formula is C10H9ClN2O3. The zero-order chi connectivity index (χ0) is 11.7. The number of hydrogen-bond acceptors (Lipinski definition) is 4. The zero-order valence-corrected chi connectivity index (χ0v) is 8.92. The van der Waals surface area contributed by atoms with Crippen LogP contribution in [0, 0.1) is 0 Å². The number of carbonyl (C=O) groups is 1. The summed E-state index contributed by atoms with van der Waals surface area (Å²) in [5, 5.41) is 22.1. The van der Waals surface area contributed by atoms with E-state index in [0.717, 1.165) is 5.56 Å². The average Bonchev–Trinajstić information content (AvgIpc) is 2.57. The highest BCUT2D eigenvalue weighted by Gasteiger charge is 2.37. The summed E-state index contributed by atoms with van der Waals surface area (Å²) in [5.41, 5.74) is 0.682. The lowest BCUT2D eigenvalue weighted by molar-refractivity contribution is -0.162. The van der Waals surface area contributed by atoms with Crippen molar-refractivity contribution in [1.29, 1.82) is 0 Å². The summed E-state index contributed by atoms with van der Waals surface area (Å²) in [6.07, 6.45) is 0.174. The largest absolute Gasteiger partial charge is 0.410 e. The lowest BCUT2D eigenvalue weighted by Crippen LogP contribution is -2.25. The molecule has 0 bridgehead atoms. The van der Waals surface area contributed by atoms with Crippen LogP contribution >= 0.6 is 11.6 Å². The number of oxime groups is 1. The minimum atomic E-state index is -0.678. The van der Waals surface area contributed by atoms with Crippen LogP contribution in [0.4, 0.5) is 0 Å². The normalized spacial score (nSPS) is 23.1. The number of hydrogen-bond donors (Lipinski definition) is 2. The van der Waals surface area contributed by atoms with Crippen molar-refractivity contribution in [3.63, 3.8) is 0 Å². The predicted octanol–water partition coefficient (Wildman–Crippen LogP) is 1.83. The van der Waals surface area contributed by atoms with Crippen LogP contribution in [0.15, 0.2) is 29.4 Å². The van der Waals surface area contributed by atoms with Gasteiger partial charge in [-0.3, -0.25) is 10.0 Å². The lowest BCUT2D eigenvalue weighted by atomic mass is 10.1. The van der Waals surface area contributed by atoms with Gasteiger partial charge >= 0.3 is 0 Å². The highest BCUT2D eigenvalue weighted by atomic mass is 35.5. The number of amides is 1. The molecule has 1 amide bonds. The van der Waals surface area contributed by atoms with Gasteiger partial charge in [0, 0.05) is 11.4 Å². The van der Waals surface area contributed by atoms with E-state index in [1.165, 1.54) is 0 Å². The third-order valence-corrected chi connectivity index (χ3v) is 2.76. The van der Waals surface area contributed by atoms with Crippen molar-refractivity contribution in [3.05, 3.63) is 34.9 Å². The molecule has 0 spiro atoms. The molecule has 0 aromatic heterocycles. The molecule has 1 aliphatic heterocycles. The molecule has 2 rings (SSSR count). The van der Waals surface area contributed by atoms with Gasteiger partial charge in [-0.15, -0.1) is 0 Å². The van der Waals surface area contributed by atoms with Gasteiger partial charge in [0.25, 0.3) is 5.91 Å². The van der Waals surface area contributed by atoms with E-state index in [1.54, 1.807) is 24.3 Å². The predicted molar refractivity (Wildman–Crippen MR) is 56.7 cm³/mol. The molecule has 1 heterocycles. The van der Waals surface area contributed by atoms with Gasteiger partial charge in [0.2, 0.25) is 0 Å². The fourth-order valence-electron chi connectivity index (χ4n) is 1.66. The van der Waals surface area contributed by atoms with Gasteiger partial charge in [0.05, 0.1) is 6.04 Å². The number of hydroxylamine groups is 2.